The molecule has 18 heavy (non-hydrogen) atoms. The van der Waals surface area contributed by atoms with Crippen molar-refractivity contribution in [1.82, 2.24) is 0 Å². The fourth-order valence-electron chi connectivity index (χ4n) is 1.40. The molecule has 0 unspecified atom stereocenters. The maximum atomic E-state index is 10.5. The fourth-order valence-corrected chi connectivity index (χ4v) is 2.86. The van der Waals surface area contributed by atoms with E-state index in [0.717, 1.165) is 5.56 Å². The molecule has 0 aromatic heterocycles. The monoisotopic (exact) mass is 305 g/mol. The molecule has 2 aromatic carbocycles. The molecule has 2 rings (SSSR count). The van der Waals surface area contributed by atoms with Gasteiger partial charge in [0.1, 0.15) is 0 Å². The van der Waals surface area contributed by atoms with Crippen LogP contribution < -0.4 is 4.46 Å². The van der Waals surface area contributed by atoms with E-state index in [4.69, 9.17) is 0 Å². The van der Waals surface area contributed by atoms with E-state index in [1.54, 1.807) is 12.1 Å². The van der Waals surface area contributed by atoms with E-state index in [1.165, 1.54) is 16.6 Å². The number of nitro groups is 1. The van der Waals surface area contributed by atoms with Crippen molar-refractivity contribution in [3.63, 3.8) is 0 Å². The van der Waals surface area contributed by atoms with Gasteiger partial charge in [-0.05, 0) is 0 Å². The molecule has 0 heterocycles. The molecule has 4 heteroatoms. The van der Waals surface area contributed by atoms with Crippen molar-refractivity contribution in [1.29, 1.82) is 0 Å². The Bertz CT molecular complexity index is 550. The third-order valence-electron chi connectivity index (χ3n) is 2.31. The number of hydrogen-bond acceptors (Lipinski definition) is 2. The van der Waals surface area contributed by atoms with Gasteiger partial charge in [-0.2, -0.15) is 0 Å². The van der Waals surface area contributed by atoms with Gasteiger partial charge in [0, 0.05) is 0 Å². The summed E-state index contributed by atoms with van der Waals surface area (Å²) in [6.45, 7) is 0. The Morgan fingerprint density at radius 3 is 2.28 bits per heavy atom. The van der Waals surface area contributed by atoms with E-state index in [9.17, 15) is 10.1 Å². The average Bonchev–Trinajstić information content (AvgIpc) is 2.40. The van der Waals surface area contributed by atoms with Crippen molar-refractivity contribution in [3.8, 4) is 0 Å². The summed E-state index contributed by atoms with van der Waals surface area (Å²) in [5.74, 6) is 0. The second-order valence-corrected chi connectivity index (χ2v) is 5.64. The molecule has 0 aliphatic heterocycles. The Morgan fingerprint density at radius 2 is 1.67 bits per heavy atom. The van der Waals surface area contributed by atoms with Gasteiger partial charge in [0.05, 0.1) is 0 Å². The summed E-state index contributed by atoms with van der Waals surface area (Å²) in [6, 6.07) is 16.8. The molecule has 0 N–H and O–H groups in total. The second-order valence-electron chi connectivity index (χ2n) is 3.58. The number of benzene rings is 2. The summed E-state index contributed by atoms with van der Waals surface area (Å²) in [7, 11) is 0. The fraction of sp³-hybridized carbons (Fsp3) is 0. The van der Waals surface area contributed by atoms with Crippen LogP contribution in [0.2, 0.25) is 0 Å². The number of rotatable bonds is 4. The summed E-state index contributed by atoms with van der Waals surface area (Å²) < 4.78 is 1.31. The molecule has 0 saturated heterocycles. The van der Waals surface area contributed by atoms with Crippen molar-refractivity contribution in [2.45, 2.75) is 0 Å². The summed E-state index contributed by atoms with van der Waals surface area (Å²) in [5.41, 5.74) is 1.11. The van der Waals surface area contributed by atoms with Crippen molar-refractivity contribution < 1.29 is 4.92 Å². The minimum atomic E-state index is -0.387. The first-order chi connectivity index (χ1) is 8.75. The van der Waals surface area contributed by atoms with Crippen molar-refractivity contribution in [2.24, 2.45) is 0 Å². The first-order valence-corrected chi connectivity index (χ1v) is 7.23. The normalized spacial score (nSPS) is 10.7. The van der Waals surface area contributed by atoms with Crippen molar-refractivity contribution >= 4 is 31.2 Å². The molecule has 0 atom stereocenters. The van der Waals surface area contributed by atoms with E-state index >= 15 is 0 Å². The van der Waals surface area contributed by atoms with Crippen molar-refractivity contribution in [3.05, 3.63) is 75.2 Å². The van der Waals surface area contributed by atoms with E-state index in [0.29, 0.717) is 15.0 Å². The topological polar surface area (TPSA) is 43.1 Å². The molecule has 0 aliphatic carbocycles. The summed E-state index contributed by atoms with van der Waals surface area (Å²) in [5, 5.41) is 10.5. The predicted octanol–water partition coefficient (Wildman–Crippen LogP) is 2.60. The Morgan fingerprint density at radius 1 is 1.00 bits per heavy atom. The first-order valence-electron chi connectivity index (χ1n) is 5.38. The van der Waals surface area contributed by atoms with Gasteiger partial charge in [0.25, 0.3) is 0 Å². The van der Waals surface area contributed by atoms with Gasteiger partial charge in [-0.3, -0.25) is 0 Å². The molecule has 0 fully saturated rings. The van der Waals surface area contributed by atoms with Crippen LogP contribution in [0, 0.1) is 10.1 Å². The van der Waals surface area contributed by atoms with Gasteiger partial charge in [0.15, 0.2) is 0 Å². The van der Waals surface area contributed by atoms with Crippen LogP contribution in [0.1, 0.15) is 5.56 Å². The standard InChI is InChI=1S/C14H11NO2Se/c16-15(17)13-8-6-12(7-9-13)10-11-18-14-4-2-1-3-5-14/h1-11H/b11-10+. The molecule has 2 aromatic rings. The summed E-state index contributed by atoms with van der Waals surface area (Å²) in [4.78, 5) is 12.2. The molecule has 0 saturated carbocycles. The van der Waals surface area contributed by atoms with Crippen LogP contribution >= 0.6 is 0 Å². The molecule has 0 bridgehead atoms. The van der Waals surface area contributed by atoms with Crippen LogP contribution in [-0.4, -0.2) is 19.9 Å². The number of hydrogen-bond donors (Lipinski definition) is 0. The van der Waals surface area contributed by atoms with Gasteiger partial charge in [-0.25, -0.2) is 0 Å². The number of nitrogens with zero attached hydrogens (tertiary/aromatic N) is 1. The number of nitro benzene ring substituents is 1. The third kappa shape index (κ3) is 3.55. The molecule has 3 nitrogen and oxygen atoms in total. The van der Waals surface area contributed by atoms with E-state index in [2.05, 4.69) is 17.1 Å². The van der Waals surface area contributed by atoms with E-state index in [1.807, 2.05) is 24.3 Å². The quantitative estimate of drug-likeness (QED) is 0.495. The Labute approximate surface area is 111 Å². The van der Waals surface area contributed by atoms with Crippen LogP contribution in [0.15, 0.2) is 59.6 Å². The Kier molecular flexibility index (Phi) is 4.29. The van der Waals surface area contributed by atoms with Gasteiger partial charge in [-0.1, -0.05) is 0 Å². The molecule has 0 amide bonds. The first kappa shape index (κ1) is 12.6. The Hall–Kier alpha value is -1.90. The number of non-ortho nitro benzene ring substituents is 1. The van der Waals surface area contributed by atoms with Crippen molar-refractivity contribution in [2.75, 3.05) is 0 Å². The molecule has 0 spiro atoms. The average molecular weight is 304 g/mol. The van der Waals surface area contributed by atoms with E-state index < -0.39 is 0 Å². The summed E-state index contributed by atoms with van der Waals surface area (Å²) >= 11 is 0.295. The predicted molar refractivity (Wildman–Crippen MR) is 74.0 cm³/mol. The zero-order valence-electron chi connectivity index (χ0n) is 9.52. The minimum absolute atomic E-state index is 0.126. The molecular formula is C14H11NO2Se. The zero-order chi connectivity index (χ0) is 12.8. The SMILES string of the molecule is O=[N+]([O-])c1ccc(/C=C/[Se]c2ccccc2)cc1. The molecule has 0 radical (unpaired) electrons. The van der Waals surface area contributed by atoms with Crippen LogP contribution in [-0.2, 0) is 0 Å². The van der Waals surface area contributed by atoms with Gasteiger partial charge in [-0.15, -0.1) is 0 Å². The van der Waals surface area contributed by atoms with Gasteiger partial charge < -0.3 is 0 Å². The van der Waals surface area contributed by atoms with Gasteiger partial charge in [0.2, 0.25) is 0 Å². The maximum absolute atomic E-state index is 10.5. The summed E-state index contributed by atoms with van der Waals surface area (Å²) in [6.07, 6.45) is 2.00. The van der Waals surface area contributed by atoms with Gasteiger partial charge >= 0.3 is 111 Å². The van der Waals surface area contributed by atoms with Crippen LogP contribution in [0.25, 0.3) is 6.08 Å². The van der Waals surface area contributed by atoms with Crippen LogP contribution in [0.3, 0.4) is 0 Å². The van der Waals surface area contributed by atoms with Crippen LogP contribution in [0.5, 0.6) is 0 Å². The van der Waals surface area contributed by atoms with E-state index in [-0.39, 0.29) is 10.6 Å². The molecule has 90 valence electrons. The van der Waals surface area contributed by atoms with Crippen LogP contribution in [0.4, 0.5) is 5.69 Å². The second kappa shape index (κ2) is 6.15. The zero-order valence-corrected chi connectivity index (χ0v) is 11.2. The molecular weight excluding hydrogens is 293 g/mol. The Balaban J connectivity index is 1.99. The third-order valence-corrected chi connectivity index (χ3v) is 4.02. The molecule has 0 aliphatic rings.